The number of aromatic nitrogens is 3. The number of nitrogens with two attached hydrogens (primary N) is 1. The van der Waals surface area contributed by atoms with Crippen LogP contribution in [-0.4, -0.2) is 21.6 Å². The Labute approximate surface area is 108 Å². The SMILES string of the molecule is COC(c1noc(-c2c(C)nsc2N)n1)C1CC1. The van der Waals surface area contributed by atoms with Gasteiger partial charge in [-0.05, 0) is 37.2 Å². The van der Waals surface area contributed by atoms with Crippen LogP contribution < -0.4 is 5.73 Å². The molecule has 2 N–H and O–H groups in total. The molecule has 0 aromatic carbocycles. The first kappa shape index (κ1) is 11.6. The highest BCUT2D eigenvalue weighted by atomic mass is 32.1. The fourth-order valence-electron chi connectivity index (χ4n) is 2.01. The summed E-state index contributed by atoms with van der Waals surface area (Å²) >= 11 is 1.24. The van der Waals surface area contributed by atoms with Gasteiger partial charge >= 0.3 is 0 Å². The summed E-state index contributed by atoms with van der Waals surface area (Å²) in [5.41, 5.74) is 7.41. The number of nitrogens with zero attached hydrogens (tertiary/aromatic N) is 3. The fraction of sp³-hybridized carbons (Fsp3) is 0.545. The summed E-state index contributed by atoms with van der Waals surface area (Å²) in [6.07, 6.45) is 2.24. The van der Waals surface area contributed by atoms with Gasteiger partial charge in [-0.3, -0.25) is 0 Å². The first-order valence-electron chi connectivity index (χ1n) is 5.79. The molecule has 0 saturated heterocycles. The molecule has 0 bridgehead atoms. The third-order valence-electron chi connectivity index (χ3n) is 3.10. The number of hydrogen-bond acceptors (Lipinski definition) is 7. The van der Waals surface area contributed by atoms with Gasteiger partial charge in [0.15, 0.2) is 0 Å². The lowest BCUT2D eigenvalue weighted by Crippen LogP contribution is -2.05. The third kappa shape index (κ3) is 1.89. The van der Waals surface area contributed by atoms with E-state index in [0.717, 1.165) is 24.1 Å². The molecule has 2 aromatic rings. The molecule has 0 spiro atoms. The molecular weight excluding hydrogens is 252 g/mol. The van der Waals surface area contributed by atoms with E-state index in [-0.39, 0.29) is 6.10 Å². The van der Waals surface area contributed by atoms with Gasteiger partial charge in [0.2, 0.25) is 5.82 Å². The van der Waals surface area contributed by atoms with Crippen LogP contribution in [0.25, 0.3) is 11.5 Å². The van der Waals surface area contributed by atoms with Crippen LogP contribution in [0.4, 0.5) is 5.00 Å². The molecule has 0 amide bonds. The first-order valence-corrected chi connectivity index (χ1v) is 6.56. The predicted molar refractivity (Wildman–Crippen MR) is 67.0 cm³/mol. The molecule has 0 radical (unpaired) electrons. The van der Waals surface area contributed by atoms with Crippen molar-refractivity contribution in [3.63, 3.8) is 0 Å². The molecule has 96 valence electrons. The zero-order valence-corrected chi connectivity index (χ0v) is 11.0. The van der Waals surface area contributed by atoms with Crippen LogP contribution in [0, 0.1) is 12.8 Å². The van der Waals surface area contributed by atoms with E-state index in [4.69, 9.17) is 15.0 Å². The van der Waals surface area contributed by atoms with E-state index in [1.807, 2.05) is 6.92 Å². The number of nitrogen functional groups attached to an aromatic ring is 1. The van der Waals surface area contributed by atoms with E-state index in [0.29, 0.717) is 22.6 Å². The minimum Gasteiger partial charge on any atom is -0.389 e. The molecule has 1 aliphatic carbocycles. The highest BCUT2D eigenvalue weighted by Crippen LogP contribution is 2.42. The average Bonchev–Trinajstić information content (AvgIpc) is 2.98. The molecule has 0 aliphatic heterocycles. The molecule has 18 heavy (non-hydrogen) atoms. The molecule has 2 aromatic heterocycles. The Hall–Kier alpha value is -1.47. The van der Waals surface area contributed by atoms with Gasteiger partial charge in [0.05, 0.1) is 11.3 Å². The van der Waals surface area contributed by atoms with E-state index in [1.54, 1.807) is 7.11 Å². The number of hydrogen-bond donors (Lipinski definition) is 1. The zero-order valence-electron chi connectivity index (χ0n) is 10.2. The van der Waals surface area contributed by atoms with Gasteiger partial charge in [0.1, 0.15) is 11.1 Å². The topological polar surface area (TPSA) is 87.1 Å². The summed E-state index contributed by atoms with van der Waals surface area (Å²) in [5.74, 6) is 1.54. The van der Waals surface area contributed by atoms with Crippen LogP contribution >= 0.6 is 11.5 Å². The largest absolute Gasteiger partial charge is 0.389 e. The highest BCUT2D eigenvalue weighted by Gasteiger charge is 2.36. The maximum Gasteiger partial charge on any atom is 0.262 e. The average molecular weight is 266 g/mol. The quantitative estimate of drug-likeness (QED) is 0.912. The minimum atomic E-state index is -0.0735. The van der Waals surface area contributed by atoms with Crippen LogP contribution in [0.1, 0.15) is 30.5 Å². The van der Waals surface area contributed by atoms with Gasteiger partial charge in [-0.1, -0.05) is 5.16 Å². The van der Waals surface area contributed by atoms with Crippen LogP contribution in [0.2, 0.25) is 0 Å². The lowest BCUT2D eigenvalue weighted by molar-refractivity contribution is 0.0751. The summed E-state index contributed by atoms with van der Waals surface area (Å²) < 4.78 is 14.9. The Morgan fingerprint density at radius 2 is 2.28 bits per heavy atom. The molecule has 7 heteroatoms. The maximum absolute atomic E-state index is 5.86. The lowest BCUT2D eigenvalue weighted by Gasteiger charge is -2.08. The van der Waals surface area contributed by atoms with Gasteiger partial charge in [-0.15, -0.1) is 0 Å². The fourth-order valence-corrected chi connectivity index (χ4v) is 2.66. The summed E-state index contributed by atoms with van der Waals surface area (Å²) in [7, 11) is 1.67. The maximum atomic E-state index is 5.86. The van der Waals surface area contributed by atoms with E-state index < -0.39 is 0 Å². The van der Waals surface area contributed by atoms with Crippen molar-refractivity contribution < 1.29 is 9.26 Å². The Morgan fingerprint density at radius 3 is 2.83 bits per heavy atom. The van der Waals surface area contributed by atoms with E-state index in [2.05, 4.69) is 14.5 Å². The summed E-state index contributed by atoms with van der Waals surface area (Å²) in [5, 5.41) is 4.60. The number of methoxy groups -OCH3 is 1. The van der Waals surface area contributed by atoms with Crippen molar-refractivity contribution in [1.82, 2.24) is 14.5 Å². The molecule has 2 heterocycles. The van der Waals surface area contributed by atoms with Crippen molar-refractivity contribution in [2.45, 2.75) is 25.9 Å². The molecular formula is C11H14N4O2S. The van der Waals surface area contributed by atoms with Gasteiger partial charge in [0, 0.05) is 7.11 Å². The Kier molecular flexibility index (Phi) is 2.79. The van der Waals surface area contributed by atoms with Crippen molar-refractivity contribution in [2.24, 2.45) is 5.92 Å². The Bertz CT molecular complexity index is 542. The van der Waals surface area contributed by atoms with Crippen molar-refractivity contribution >= 4 is 16.5 Å². The van der Waals surface area contributed by atoms with Crippen LogP contribution in [0.5, 0.6) is 0 Å². The number of aryl methyl sites for hydroxylation is 1. The standard InChI is InChI=1S/C11H14N4O2S/c1-5-7(9(12)18-15-5)11-13-10(14-17-11)8(16-2)6-3-4-6/h6,8H,3-4,12H2,1-2H3. The van der Waals surface area contributed by atoms with E-state index in [1.165, 1.54) is 11.5 Å². The zero-order chi connectivity index (χ0) is 12.7. The lowest BCUT2D eigenvalue weighted by atomic mass is 10.2. The normalized spacial score (nSPS) is 17.0. The van der Waals surface area contributed by atoms with Crippen molar-refractivity contribution in [1.29, 1.82) is 0 Å². The van der Waals surface area contributed by atoms with Gasteiger partial charge in [-0.25, -0.2) is 0 Å². The second-order valence-electron chi connectivity index (χ2n) is 4.46. The van der Waals surface area contributed by atoms with Crippen LogP contribution in [0.15, 0.2) is 4.52 Å². The minimum absolute atomic E-state index is 0.0735. The summed E-state index contributed by atoms with van der Waals surface area (Å²) in [6, 6.07) is 0. The van der Waals surface area contributed by atoms with Gasteiger partial charge < -0.3 is 15.0 Å². The molecule has 1 saturated carbocycles. The van der Waals surface area contributed by atoms with Gasteiger partial charge in [0.25, 0.3) is 5.89 Å². The number of anilines is 1. The van der Waals surface area contributed by atoms with Crippen molar-refractivity contribution in [3.05, 3.63) is 11.5 Å². The van der Waals surface area contributed by atoms with Crippen molar-refractivity contribution in [2.75, 3.05) is 12.8 Å². The Morgan fingerprint density at radius 1 is 1.50 bits per heavy atom. The molecule has 6 nitrogen and oxygen atoms in total. The van der Waals surface area contributed by atoms with E-state index >= 15 is 0 Å². The second kappa shape index (κ2) is 4.33. The van der Waals surface area contributed by atoms with E-state index in [9.17, 15) is 0 Å². The van der Waals surface area contributed by atoms with Crippen LogP contribution in [-0.2, 0) is 4.74 Å². The third-order valence-corrected chi connectivity index (χ3v) is 3.87. The summed E-state index contributed by atoms with van der Waals surface area (Å²) in [6.45, 7) is 1.88. The molecule has 1 unspecified atom stereocenters. The second-order valence-corrected chi connectivity index (χ2v) is 5.26. The molecule has 1 fully saturated rings. The molecule has 3 rings (SSSR count). The van der Waals surface area contributed by atoms with Crippen LogP contribution in [0.3, 0.4) is 0 Å². The number of ether oxygens (including phenoxy) is 1. The van der Waals surface area contributed by atoms with Crippen molar-refractivity contribution in [3.8, 4) is 11.5 Å². The number of rotatable bonds is 4. The first-order chi connectivity index (χ1) is 8.70. The van der Waals surface area contributed by atoms with Gasteiger partial charge in [-0.2, -0.15) is 9.36 Å². The Balaban J connectivity index is 1.93. The predicted octanol–water partition coefficient (Wildman–Crippen LogP) is 2.18. The molecule has 1 aliphatic rings. The summed E-state index contributed by atoms with van der Waals surface area (Å²) in [4.78, 5) is 4.39. The highest BCUT2D eigenvalue weighted by molar-refractivity contribution is 7.10. The molecule has 1 atom stereocenters. The smallest absolute Gasteiger partial charge is 0.262 e. The monoisotopic (exact) mass is 266 g/mol.